The fourth-order valence-corrected chi connectivity index (χ4v) is 2.17. The number of carbonyl (C=O) groups excluding carboxylic acids is 2. The van der Waals surface area contributed by atoms with Gasteiger partial charge in [0.15, 0.2) is 0 Å². The summed E-state index contributed by atoms with van der Waals surface area (Å²) in [5.41, 5.74) is 1.10. The third-order valence-corrected chi connectivity index (χ3v) is 3.13. The van der Waals surface area contributed by atoms with E-state index >= 15 is 0 Å². The molecule has 1 aromatic carbocycles. The molecule has 0 spiro atoms. The largest absolute Gasteiger partial charge is 0.462 e. The summed E-state index contributed by atoms with van der Waals surface area (Å²) in [6.45, 7) is 2.55. The summed E-state index contributed by atoms with van der Waals surface area (Å²) in [6, 6.07) is 6.81. The van der Waals surface area contributed by atoms with Crippen molar-refractivity contribution in [3.63, 3.8) is 0 Å². The van der Waals surface area contributed by atoms with Crippen LogP contribution >= 0.6 is 0 Å². The van der Waals surface area contributed by atoms with Crippen LogP contribution in [-0.2, 0) is 9.53 Å². The van der Waals surface area contributed by atoms with Gasteiger partial charge in [0.05, 0.1) is 12.2 Å². The van der Waals surface area contributed by atoms with Crippen molar-refractivity contribution in [2.24, 2.45) is 5.92 Å². The third kappa shape index (κ3) is 2.93. The van der Waals surface area contributed by atoms with Gasteiger partial charge in [-0.3, -0.25) is 4.79 Å². The molecule has 1 aliphatic heterocycles. The van der Waals surface area contributed by atoms with Crippen molar-refractivity contribution in [2.75, 3.05) is 24.7 Å². The number of aliphatic hydroxyl groups is 1. The van der Waals surface area contributed by atoms with Gasteiger partial charge in [-0.2, -0.15) is 0 Å². The minimum absolute atomic E-state index is 0.000191. The molecule has 5 heteroatoms. The second-order valence-electron chi connectivity index (χ2n) is 4.53. The van der Waals surface area contributed by atoms with Gasteiger partial charge in [-0.1, -0.05) is 6.07 Å². The van der Waals surface area contributed by atoms with Crippen molar-refractivity contribution in [1.82, 2.24) is 0 Å². The second kappa shape index (κ2) is 5.84. The SMILES string of the molecule is CCOC(=O)c1cccc(N2CC(CO)CC2=O)c1. The number of hydrogen-bond acceptors (Lipinski definition) is 4. The maximum atomic E-state index is 11.8. The van der Waals surface area contributed by atoms with Gasteiger partial charge in [-0.15, -0.1) is 0 Å². The third-order valence-electron chi connectivity index (χ3n) is 3.13. The second-order valence-corrected chi connectivity index (χ2v) is 4.53. The van der Waals surface area contributed by atoms with Gasteiger partial charge < -0.3 is 14.7 Å². The fraction of sp³-hybridized carbons (Fsp3) is 0.429. The van der Waals surface area contributed by atoms with Crippen molar-refractivity contribution >= 4 is 17.6 Å². The molecule has 1 fully saturated rings. The van der Waals surface area contributed by atoms with E-state index in [4.69, 9.17) is 9.84 Å². The number of aliphatic hydroxyl groups excluding tert-OH is 1. The zero-order valence-electron chi connectivity index (χ0n) is 10.8. The number of amides is 1. The van der Waals surface area contributed by atoms with Crippen molar-refractivity contribution in [1.29, 1.82) is 0 Å². The van der Waals surface area contributed by atoms with Gasteiger partial charge in [-0.25, -0.2) is 4.79 Å². The molecule has 1 unspecified atom stereocenters. The van der Waals surface area contributed by atoms with Crippen LogP contribution in [-0.4, -0.2) is 36.7 Å². The molecule has 5 nitrogen and oxygen atoms in total. The molecule has 2 rings (SSSR count). The molecule has 0 aromatic heterocycles. The number of ether oxygens (including phenoxy) is 1. The summed E-state index contributed by atoms with van der Waals surface area (Å²) in [6.07, 6.45) is 0.347. The van der Waals surface area contributed by atoms with Crippen LogP contribution in [0.3, 0.4) is 0 Å². The summed E-state index contributed by atoms with van der Waals surface area (Å²) in [7, 11) is 0. The first kappa shape index (κ1) is 13.5. The van der Waals surface area contributed by atoms with Gasteiger partial charge in [0.25, 0.3) is 0 Å². The number of benzene rings is 1. The van der Waals surface area contributed by atoms with E-state index in [0.29, 0.717) is 30.8 Å². The van der Waals surface area contributed by atoms with Crippen LogP contribution in [0.25, 0.3) is 0 Å². The first-order chi connectivity index (χ1) is 9.15. The van der Waals surface area contributed by atoms with Crippen molar-refractivity contribution in [3.8, 4) is 0 Å². The Labute approximate surface area is 111 Å². The molecular weight excluding hydrogens is 246 g/mol. The van der Waals surface area contributed by atoms with E-state index in [1.165, 1.54) is 0 Å². The lowest BCUT2D eigenvalue weighted by atomic mass is 10.1. The Bertz CT molecular complexity index is 486. The Hall–Kier alpha value is -1.88. The highest BCUT2D eigenvalue weighted by Gasteiger charge is 2.30. The zero-order chi connectivity index (χ0) is 13.8. The molecular formula is C14H17NO4. The highest BCUT2D eigenvalue weighted by molar-refractivity contribution is 5.97. The molecule has 102 valence electrons. The number of rotatable bonds is 4. The predicted molar refractivity (Wildman–Crippen MR) is 69.9 cm³/mol. The Morgan fingerprint density at radius 1 is 1.53 bits per heavy atom. The molecule has 1 aliphatic rings. The van der Waals surface area contributed by atoms with Crippen LogP contribution in [0, 0.1) is 5.92 Å². The summed E-state index contributed by atoms with van der Waals surface area (Å²) in [5.74, 6) is -0.450. The van der Waals surface area contributed by atoms with Crippen LogP contribution in [0.1, 0.15) is 23.7 Å². The summed E-state index contributed by atoms with van der Waals surface area (Å²) >= 11 is 0. The van der Waals surface area contributed by atoms with Crippen LogP contribution < -0.4 is 4.90 Å². The molecule has 1 N–H and O–H groups in total. The zero-order valence-corrected chi connectivity index (χ0v) is 10.8. The maximum absolute atomic E-state index is 11.8. The topological polar surface area (TPSA) is 66.8 Å². The molecule has 1 atom stereocenters. The van der Waals surface area contributed by atoms with Crippen LogP contribution in [0.2, 0.25) is 0 Å². The minimum Gasteiger partial charge on any atom is -0.462 e. The Balaban J connectivity index is 2.19. The lowest BCUT2D eigenvalue weighted by Gasteiger charge is -2.17. The number of anilines is 1. The molecule has 19 heavy (non-hydrogen) atoms. The summed E-state index contributed by atoms with van der Waals surface area (Å²) in [4.78, 5) is 25.1. The highest BCUT2D eigenvalue weighted by Crippen LogP contribution is 2.25. The summed E-state index contributed by atoms with van der Waals surface area (Å²) < 4.78 is 4.93. The fourth-order valence-electron chi connectivity index (χ4n) is 2.17. The Morgan fingerprint density at radius 3 is 2.95 bits per heavy atom. The van der Waals surface area contributed by atoms with Crippen molar-refractivity contribution in [2.45, 2.75) is 13.3 Å². The lowest BCUT2D eigenvalue weighted by molar-refractivity contribution is -0.117. The number of hydrogen-bond donors (Lipinski definition) is 1. The molecule has 0 bridgehead atoms. The van der Waals surface area contributed by atoms with E-state index < -0.39 is 5.97 Å². The van der Waals surface area contributed by atoms with Crippen LogP contribution in [0.5, 0.6) is 0 Å². The summed E-state index contributed by atoms with van der Waals surface area (Å²) in [5, 5.41) is 9.11. The molecule has 1 amide bonds. The van der Waals surface area contributed by atoms with E-state index in [1.807, 2.05) is 0 Å². The average molecular weight is 263 g/mol. The molecule has 1 aromatic rings. The van der Waals surface area contributed by atoms with E-state index in [9.17, 15) is 9.59 Å². The molecule has 0 aliphatic carbocycles. The average Bonchev–Trinajstić information content (AvgIpc) is 2.80. The lowest BCUT2D eigenvalue weighted by Crippen LogP contribution is -2.25. The number of carbonyl (C=O) groups is 2. The van der Waals surface area contributed by atoms with Gasteiger partial charge >= 0.3 is 5.97 Å². The standard InChI is InChI=1S/C14H17NO4/c1-2-19-14(18)11-4-3-5-12(7-11)15-8-10(9-16)6-13(15)17/h3-5,7,10,16H,2,6,8-9H2,1H3. The van der Waals surface area contributed by atoms with E-state index in [-0.39, 0.29) is 18.4 Å². The normalized spacial score (nSPS) is 18.7. The highest BCUT2D eigenvalue weighted by atomic mass is 16.5. The first-order valence-electron chi connectivity index (χ1n) is 6.34. The number of esters is 1. The Morgan fingerprint density at radius 2 is 2.32 bits per heavy atom. The van der Waals surface area contributed by atoms with Crippen LogP contribution in [0.15, 0.2) is 24.3 Å². The van der Waals surface area contributed by atoms with Crippen molar-refractivity contribution in [3.05, 3.63) is 29.8 Å². The Kier molecular flexibility index (Phi) is 4.16. The van der Waals surface area contributed by atoms with Crippen molar-refractivity contribution < 1.29 is 19.4 Å². The van der Waals surface area contributed by atoms with Gasteiger partial charge in [-0.05, 0) is 25.1 Å². The van der Waals surface area contributed by atoms with E-state index in [2.05, 4.69) is 0 Å². The smallest absolute Gasteiger partial charge is 0.338 e. The minimum atomic E-state index is -0.394. The molecule has 1 heterocycles. The van der Waals surface area contributed by atoms with E-state index in [0.717, 1.165) is 0 Å². The van der Waals surface area contributed by atoms with Gasteiger partial charge in [0.1, 0.15) is 0 Å². The van der Waals surface area contributed by atoms with E-state index in [1.54, 1.807) is 36.1 Å². The maximum Gasteiger partial charge on any atom is 0.338 e. The van der Waals surface area contributed by atoms with Gasteiger partial charge in [0, 0.05) is 31.2 Å². The molecule has 0 radical (unpaired) electrons. The molecule has 1 saturated heterocycles. The first-order valence-corrected chi connectivity index (χ1v) is 6.34. The quantitative estimate of drug-likeness (QED) is 0.829. The number of nitrogens with zero attached hydrogens (tertiary/aromatic N) is 1. The molecule has 0 saturated carbocycles. The van der Waals surface area contributed by atoms with Crippen LogP contribution in [0.4, 0.5) is 5.69 Å². The van der Waals surface area contributed by atoms with Gasteiger partial charge in [0.2, 0.25) is 5.91 Å². The monoisotopic (exact) mass is 263 g/mol. The predicted octanol–water partition coefficient (Wildman–Crippen LogP) is 1.21.